The first-order valence-electron chi connectivity index (χ1n) is 5.03. The largest absolute Gasteiger partial charge is 0.433 e. The molecule has 1 N–H and O–H groups in total. The lowest BCUT2D eigenvalue weighted by molar-refractivity contribution is -0.402. The lowest BCUT2D eigenvalue weighted by Gasteiger charge is -1.97. The van der Waals surface area contributed by atoms with E-state index in [2.05, 4.69) is 20.6 Å². The van der Waals surface area contributed by atoms with Gasteiger partial charge in [-0.05, 0) is 6.07 Å². The quantitative estimate of drug-likeness (QED) is 0.457. The van der Waals surface area contributed by atoms with Crippen LogP contribution in [0.1, 0.15) is 5.76 Å². The van der Waals surface area contributed by atoms with Crippen molar-refractivity contribution < 1.29 is 14.1 Å². The number of nitro groups is 1. The topological polar surface area (TPSA) is 128 Å². The highest BCUT2D eigenvalue weighted by Gasteiger charge is 2.10. The standard InChI is InChI=1S/C9H8N6O4/c16-8(4-14-6-10-5-12-14)13-11-3-7-1-2-9(19-7)15(17)18/h1-3,5-6H,4H2,(H,13,16)/b11-3+. The predicted octanol–water partition coefficient (Wildman–Crippen LogP) is -0.0704. The summed E-state index contributed by atoms with van der Waals surface area (Å²) in [5.74, 6) is -0.647. The lowest BCUT2D eigenvalue weighted by Crippen LogP contribution is -2.23. The second kappa shape index (κ2) is 5.53. The summed E-state index contributed by atoms with van der Waals surface area (Å²) in [6.45, 7) is -0.0321. The van der Waals surface area contributed by atoms with Crippen LogP contribution in [-0.2, 0) is 11.3 Å². The van der Waals surface area contributed by atoms with Crippen LogP contribution in [0.25, 0.3) is 0 Å². The summed E-state index contributed by atoms with van der Waals surface area (Å²) in [6, 6.07) is 2.56. The molecule has 19 heavy (non-hydrogen) atoms. The van der Waals surface area contributed by atoms with Crippen LogP contribution in [0.5, 0.6) is 0 Å². The van der Waals surface area contributed by atoms with Crippen LogP contribution in [0.2, 0.25) is 0 Å². The Balaban J connectivity index is 1.85. The zero-order valence-electron chi connectivity index (χ0n) is 9.46. The van der Waals surface area contributed by atoms with Gasteiger partial charge in [0.1, 0.15) is 24.1 Å². The Morgan fingerprint density at radius 3 is 3.11 bits per heavy atom. The highest BCUT2D eigenvalue weighted by molar-refractivity contribution is 5.80. The van der Waals surface area contributed by atoms with Crippen LogP contribution in [-0.4, -0.2) is 31.8 Å². The molecule has 0 saturated heterocycles. The molecular formula is C9H8N6O4. The van der Waals surface area contributed by atoms with E-state index in [4.69, 9.17) is 4.42 Å². The number of nitrogens with one attached hydrogen (secondary N) is 1. The maximum atomic E-state index is 11.4. The fourth-order valence-electron chi connectivity index (χ4n) is 1.17. The Labute approximate surface area is 105 Å². The van der Waals surface area contributed by atoms with Gasteiger partial charge in [-0.15, -0.1) is 0 Å². The molecule has 2 aromatic heterocycles. The van der Waals surface area contributed by atoms with Crippen molar-refractivity contribution in [1.29, 1.82) is 0 Å². The van der Waals surface area contributed by atoms with Crippen molar-refractivity contribution >= 4 is 18.0 Å². The average molecular weight is 264 g/mol. The van der Waals surface area contributed by atoms with E-state index < -0.39 is 16.7 Å². The molecule has 1 amide bonds. The Morgan fingerprint density at radius 2 is 2.47 bits per heavy atom. The van der Waals surface area contributed by atoms with Gasteiger partial charge >= 0.3 is 5.88 Å². The van der Waals surface area contributed by atoms with Gasteiger partial charge in [0.05, 0.1) is 12.3 Å². The average Bonchev–Trinajstić information content (AvgIpc) is 3.00. The first kappa shape index (κ1) is 12.4. The van der Waals surface area contributed by atoms with Crippen molar-refractivity contribution in [2.75, 3.05) is 0 Å². The molecule has 10 heteroatoms. The number of furan rings is 1. The van der Waals surface area contributed by atoms with Crippen molar-refractivity contribution in [3.63, 3.8) is 0 Å². The summed E-state index contributed by atoms with van der Waals surface area (Å²) >= 11 is 0. The minimum absolute atomic E-state index is 0.0321. The molecule has 0 atom stereocenters. The normalized spacial score (nSPS) is 10.7. The molecular weight excluding hydrogens is 256 g/mol. The van der Waals surface area contributed by atoms with E-state index in [1.807, 2.05) is 0 Å². The SMILES string of the molecule is O=C(Cn1cncn1)N/N=C/c1ccc([N+](=O)[O-])o1. The van der Waals surface area contributed by atoms with Crippen molar-refractivity contribution in [3.8, 4) is 0 Å². The summed E-state index contributed by atoms with van der Waals surface area (Å²) in [4.78, 5) is 24.7. The Morgan fingerprint density at radius 1 is 1.63 bits per heavy atom. The molecule has 0 aromatic carbocycles. The van der Waals surface area contributed by atoms with E-state index in [0.29, 0.717) is 0 Å². The van der Waals surface area contributed by atoms with Gasteiger partial charge in [-0.2, -0.15) is 10.2 Å². The van der Waals surface area contributed by atoms with Crippen LogP contribution in [0.3, 0.4) is 0 Å². The molecule has 2 aromatic rings. The molecule has 2 heterocycles. The number of nitrogens with zero attached hydrogens (tertiary/aromatic N) is 5. The van der Waals surface area contributed by atoms with Crippen molar-refractivity contribution in [3.05, 3.63) is 40.7 Å². The second-order valence-corrected chi connectivity index (χ2v) is 3.32. The van der Waals surface area contributed by atoms with Crippen LogP contribution in [0.15, 0.2) is 34.3 Å². The Bertz CT molecular complexity index is 602. The molecule has 0 saturated carbocycles. The van der Waals surface area contributed by atoms with Gasteiger partial charge in [0.25, 0.3) is 5.91 Å². The summed E-state index contributed by atoms with van der Waals surface area (Å²) < 4.78 is 6.13. The summed E-state index contributed by atoms with van der Waals surface area (Å²) in [6.07, 6.45) is 3.85. The van der Waals surface area contributed by atoms with Crippen molar-refractivity contribution in [1.82, 2.24) is 20.2 Å². The van der Waals surface area contributed by atoms with E-state index in [1.54, 1.807) is 0 Å². The fraction of sp³-hybridized carbons (Fsp3) is 0.111. The molecule has 0 spiro atoms. The number of carbonyl (C=O) groups excluding carboxylic acids is 1. The van der Waals surface area contributed by atoms with E-state index >= 15 is 0 Å². The Kier molecular flexibility index (Phi) is 3.61. The van der Waals surface area contributed by atoms with Crippen LogP contribution in [0, 0.1) is 10.1 Å². The monoisotopic (exact) mass is 264 g/mol. The first-order chi connectivity index (χ1) is 9.15. The van der Waals surface area contributed by atoms with E-state index in [-0.39, 0.29) is 12.3 Å². The molecule has 0 aliphatic carbocycles. The number of hydrazone groups is 1. The van der Waals surface area contributed by atoms with E-state index in [0.717, 1.165) is 6.21 Å². The molecule has 10 nitrogen and oxygen atoms in total. The molecule has 0 radical (unpaired) electrons. The maximum Gasteiger partial charge on any atom is 0.433 e. The fourth-order valence-corrected chi connectivity index (χ4v) is 1.17. The number of carbonyl (C=O) groups is 1. The third-order valence-corrected chi connectivity index (χ3v) is 1.95. The van der Waals surface area contributed by atoms with Crippen LogP contribution >= 0.6 is 0 Å². The zero-order valence-corrected chi connectivity index (χ0v) is 9.46. The lowest BCUT2D eigenvalue weighted by atomic mass is 10.5. The summed E-state index contributed by atoms with van der Waals surface area (Å²) in [7, 11) is 0. The van der Waals surface area contributed by atoms with E-state index in [1.165, 1.54) is 29.5 Å². The number of hydrogen-bond donors (Lipinski definition) is 1. The van der Waals surface area contributed by atoms with Gasteiger partial charge < -0.3 is 4.42 Å². The number of rotatable bonds is 5. The zero-order chi connectivity index (χ0) is 13.7. The maximum absolute atomic E-state index is 11.4. The highest BCUT2D eigenvalue weighted by Crippen LogP contribution is 2.13. The number of amides is 1. The third kappa shape index (κ3) is 3.46. The minimum atomic E-state index is -0.666. The van der Waals surface area contributed by atoms with Gasteiger partial charge in [0.2, 0.25) is 0 Å². The third-order valence-electron chi connectivity index (χ3n) is 1.95. The highest BCUT2D eigenvalue weighted by atomic mass is 16.6. The van der Waals surface area contributed by atoms with Gasteiger partial charge in [-0.1, -0.05) is 0 Å². The molecule has 0 aliphatic rings. The van der Waals surface area contributed by atoms with Crippen molar-refractivity contribution in [2.24, 2.45) is 5.10 Å². The van der Waals surface area contributed by atoms with Gasteiger partial charge in [0, 0.05) is 0 Å². The molecule has 98 valence electrons. The second-order valence-electron chi connectivity index (χ2n) is 3.32. The Hall–Kier alpha value is -3.04. The molecule has 0 aliphatic heterocycles. The van der Waals surface area contributed by atoms with E-state index in [9.17, 15) is 14.9 Å². The summed E-state index contributed by atoms with van der Waals surface area (Å²) in [5, 5.41) is 17.7. The number of hydrogen-bond acceptors (Lipinski definition) is 7. The van der Waals surface area contributed by atoms with Crippen molar-refractivity contribution in [2.45, 2.75) is 6.54 Å². The van der Waals surface area contributed by atoms with Gasteiger partial charge in [0.15, 0.2) is 5.76 Å². The molecule has 0 unspecified atom stereocenters. The smallest absolute Gasteiger partial charge is 0.400 e. The minimum Gasteiger partial charge on any atom is -0.400 e. The molecule has 0 bridgehead atoms. The predicted molar refractivity (Wildman–Crippen MR) is 61.1 cm³/mol. The van der Waals surface area contributed by atoms with Gasteiger partial charge in [-0.3, -0.25) is 14.9 Å². The van der Waals surface area contributed by atoms with Crippen LogP contribution < -0.4 is 5.43 Å². The molecule has 0 fully saturated rings. The molecule has 2 rings (SSSR count). The first-order valence-corrected chi connectivity index (χ1v) is 5.03. The van der Waals surface area contributed by atoms with Crippen LogP contribution in [0.4, 0.5) is 5.88 Å². The summed E-state index contributed by atoms with van der Waals surface area (Å²) in [5.41, 5.74) is 2.22. The number of aromatic nitrogens is 3. The van der Waals surface area contributed by atoms with Gasteiger partial charge in [-0.25, -0.2) is 15.1 Å².